The van der Waals surface area contributed by atoms with E-state index in [2.05, 4.69) is 0 Å². The number of ether oxygens (including phenoxy) is 1. The Bertz CT molecular complexity index is 874. The SMILES string of the molecule is O=C(c1sc2ccccc2c1Cl)N1CCOc2ccccc21. The number of nitrogens with zero attached hydrogens (tertiary/aromatic N) is 1. The van der Waals surface area contributed by atoms with Crippen LogP contribution in [0.5, 0.6) is 5.75 Å². The number of carbonyl (C=O) groups is 1. The van der Waals surface area contributed by atoms with Crippen LogP contribution in [-0.4, -0.2) is 19.1 Å². The number of hydrogen-bond donors (Lipinski definition) is 0. The van der Waals surface area contributed by atoms with Gasteiger partial charge in [-0.25, -0.2) is 0 Å². The predicted molar refractivity (Wildman–Crippen MR) is 90.4 cm³/mol. The molecule has 0 saturated heterocycles. The molecule has 4 rings (SSSR count). The van der Waals surface area contributed by atoms with Crippen LogP contribution in [0.1, 0.15) is 9.67 Å². The molecule has 0 spiro atoms. The summed E-state index contributed by atoms with van der Waals surface area (Å²) >= 11 is 7.87. The molecular weight excluding hydrogens is 318 g/mol. The summed E-state index contributed by atoms with van der Waals surface area (Å²) in [6, 6.07) is 15.4. The van der Waals surface area contributed by atoms with Gasteiger partial charge in [-0.2, -0.15) is 0 Å². The molecule has 0 aliphatic carbocycles. The van der Waals surface area contributed by atoms with Crippen LogP contribution in [0, 0.1) is 0 Å². The molecule has 2 heterocycles. The second-order valence-electron chi connectivity index (χ2n) is 5.01. The third-order valence-corrected chi connectivity index (χ3v) is 5.37. The number of fused-ring (bicyclic) bond motifs is 2. The maximum absolute atomic E-state index is 12.9. The second-order valence-corrected chi connectivity index (χ2v) is 6.44. The first-order valence-electron chi connectivity index (χ1n) is 6.96. The molecule has 22 heavy (non-hydrogen) atoms. The summed E-state index contributed by atoms with van der Waals surface area (Å²) < 4.78 is 6.63. The van der Waals surface area contributed by atoms with E-state index in [1.807, 2.05) is 48.5 Å². The largest absolute Gasteiger partial charge is 0.490 e. The number of amides is 1. The van der Waals surface area contributed by atoms with Gasteiger partial charge in [0.2, 0.25) is 0 Å². The van der Waals surface area contributed by atoms with E-state index in [1.54, 1.807) is 4.90 Å². The molecule has 0 bridgehead atoms. The molecule has 1 amide bonds. The van der Waals surface area contributed by atoms with E-state index in [4.69, 9.17) is 16.3 Å². The Morgan fingerprint density at radius 1 is 1.14 bits per heavy atom. The molecule has 0 N–H and O–H groups in total. The zero-order valence-corrected chi connectivity index (χ0v) is 13.2. The number of thiophene rings is 1. The van der Waals surface area contributed by atoms with Crippen LogP contribution < -0.4 is 9.64 Å². The Hall–Kier alpha value is -2.04. The molecule has 0 radical (unpaired) electrons. The number of carbonyl (C=O) groups excluding carboxylic acids is 1. The average Bonchev–Trinajstić information content (AvgIpc) is 2.91. The first-order chi connectivity index (χ1) is 10.8. The minimum atomic E-state index is -0.0676. The van der Waals surface area contributed by atoms with Crippen molar-refractivity contribution in [1.82, 2.24) is 0 Å². The van der Waals surface area contributed by atoms with Crippen molar-refractivity contribution >= 4 is 44.6 Å². The summed E-state index contributed by atoms with van der Waals surface area (Å²) in [5.41, 5.74) is 0.798. The van der Waals surface area contributed by atoms with Gasteiger partial charge in [-0.15, -0.1) is 11.3 Å². The molecule has 1 aliphatic heterocycles. The third-order valence-electron chi connectivity index (χ3n) is 3.70. The normalized spacial score (nSPS) is 13.8. The van der Waals surface area contributed by atoms with Crippen molar-refractivity contribution in [3.8, 4) is 5.75 Å². The van der Waals surface area contributed by atoms with Crippen molar-refractivity contribution in [2.75, 3.05) is 18.1 Å². The van der Waals surface area contributed by atoms with Crippen molar-refractivity contribution < 1.29 is 9.53 Å². The van der Waals surface area contributed by atoms with Gasteiger partial charge in [-0.3, -0.25) is 4.79 Å². The minimum Gasteiger partial charge on any atom is -0.490 e. The molecule has 0 unspecified atom stereocenters. The first kappa shape index (κ1) is 13.6. The lowest BCUT2D eigenvalue weighted by molar-refractivity contribution is 0.0980. The van der Waals surface area contributed by atoms with Gasteiger partial charge in [0.15, 0.2) is 0 Å². The minimum absolute atomic E-state index is 0.0676. The Balaban J connectivity index is 1.80. The number of anilines is 1. The highest BCUT2D eigenvalue weighted by molar-refractivity contribution is 7.21. The van der Waals surface area contributed by atoms with Crippen LogP contribution in [0.3, 0.4) is 0 Å². The Kier molecular flexibility index (Phi) is 3.28. The standard InChI is InChI=1S/C17H12ClNO2S/c18-15-11-5-1-4-8-14(11)22-16(15)17(20)19-9-10-21-13-7-3-2-6-12(13)19/h1-8H,9-10H2. The van der Waals surface area contributed by atoms with Crippen LogP contribution in [0.4, 0.5) is 5.69 Å². The fourth-order valence-corrected chi connectivity index (χ4v) is 4.12. The number of hydrogen-bond acceptors (Lipinski definition) is 3. The van der Waals surface area contributed by atoms with Crippen molar-refractivity contribution in [2.24, 2.45) is 0 Å². The van der Waals surface area contributed by atoms with Crippen molar-refractivity contribution in [3.63, 3.8) is 0 Å². The fraction of sp³-hybridized carbons (Fsp3) is 0.118. The van der Waals surface area contributed by atoms with Gasteiger partial charge in [0.1, 0.15) is 17.2 Å². The third kappa shape index (κ3) is 2.07. The lowest BCUT2D eigenvalue weighted by Crippen LogP contribution is -2.37. The maximum Gasteiger partial charge on any atom is 0.270 e. The quantitative estimate of drug-likeness (QED) is 0.653. The molecule has 3 nitrogen and oxygen atoms in total. The van der Waals surface area contributed by atoms with Gasteiger partial charge in [0.05, 0.1) is 17.3 Å². The van der Waals surface area contributed by atoms with Gasteiger partial charge >= 0.3 is 0 Å². The highest BCUT2D eigenvalue weighted by Crippen LogP contribution is 2.38. The topological polar surface area (TPSA) is 29.5 Å². The van der Waals surface area contributed by atoms with E-state index < -0.39 is 0 Å². The van der Waals surface area contributed by atoms with E-state index in [0.29, 0.717) is 23.1 Å². The van der Waals surface area contributed by atoms with E-state index in [0.717, 1.165) is 21.5 Å². The van der Waals surface area contributed by atoms with Gasteiger partial charge in [0.25, 0.3) is 5.91 Å². The summed E-state index contributed by atoms with van der Waals surface area (Å²) in [6.45, 7) is 1.02. The maximum atomic E-state index is 12.9. The zero-order valence-electron chi connectivity index (χ0n) is 11.6. The number of para-hydroxylation sites is 2. The molecule has 1 aromatic heterocycles. The molecule has 0 atom stereocenters. The summed E-state index contributed by atoms with van der Waals surface area (Å²) in [7, 11) is 0. The van der Waals surface area contributed by atoms with Gasteiger partial charge < -0.3 is 9.64 Å². The lowest BCUT2D eigenvalue weighted by Gasteiger charge is -2.29. The Morgan fingerprint density at radius 2 is 1.91 bits per heavy atom. The lowest BCUT2D eigenvalue weighted by atomic mass is 10.2. The van der Waals surface area contributed by atoms with Gasteiger partial charge in [0, 0.05) is 10.1 Å². The number of rotatable bonds is 1. The monoisotopic (exact) mass is 329 g/mol. The van der Waals surface area contributed by atoms with E-state index in [1.165, 1.54) is 11.3 Å². The van der Waals surface area contributed by atoms with Crippen molar-refractivity contribution in [2.45, 2.75) is 0 Å². The second kappa shape index (κ2) is 5.30. The first-order valence-corrected chi connectivity index (χ1v) is 8.16. The predicted octanol–water partition coefficient (Wildman–Crippen LogP) is 4.59. The smallest absolute Gasteiger partial charge is 0.270 e. The highest BCUT2D eigenvalue weighted by atomic mass is 35.5. The van der Waals surface area contributed by atoms with Crippen LogP contribution in [0.25, 0.3) is 10.1 Å². The van der Waals surface area contributed by atoms with Gasteiger partial charge in [-0.1, -0.05) is 41.9 Å². The molecule has 5 heteroatoms. The highest BCUT2D eigenvalue weighted by Gasteiger charge is 2.27. The van der Waals surface area contributed by atoms with Crippen LogP contribution in [0.15, 0.2) is 48.5 Å². The van der Waals surface area contributed by atoms with Crippen LogP contribution in [0.2, 0.25) is 5.02 Å². The summed E-state index contributed by atoms with van der Waals surface area (Å²) in [4.78, 5) is 15.3. The molecule has 1 aliphatic rings. The van der Waals surface area contributed by atoms with Crippen LogP contribution >= 0.6 is 22.9 Å². The molecule has 0 fully saturated rings. The Morgan fingerprint density at radius 3 is 2.77 bits per heavy atom. The van der Waals surface area contributed by atoms with Crippen molar-refractivity contribution in [1.29, 1.82) is 0 Å². The Labute approximate surface area is 136 Å². The summed E-state index contributed by atoms with van der Waals surface area (Å²) in [6.07, 6.45) is 0. The van der Waals surface area contributed by atoms with Crippen molar-refractivity contribution in [3.05, 3.63) is 58.4 Å². The average molecular weight is 330 g/mol. The van der Waals surface area contributed by atoms with E-state index in [9.17, 15) is 4.79 Å². The molecular formula is C17H12ClNO2S. The number of halogens is 1. The summed E-state index contributed by atoms with van der Waals surface area (Å²) in [5.74, 6) is 0.668. The molecule has 3 aromatic rings. The van der Waals surface area contributed by atoms with Crippen LogP contribution in [-0.2, 0) is 0 Å². The zero-order chi connectivity index (χ0) is 15.1. The molecule has 2 aromatic carbocycles. The van der Waals surface area contributed by atoms with E-state index >= 15 is 0 Å². The van der Waals surface area contributed by atoms with E-state index in [-0.39, 0.29) is 5.91 Å². The number of benzene rings is 2. The van der Waals surface area contributed by atoms with Gasteiger partial charge in [-0.05, 0) is 18.2 Å². The summed E-state index contributed by atoms with van der Waals surface area (Å²) in [5, 5.41) is 1.47. The molecule has 0 saturated carbocycles. The fourth-order valence-electron chi connectivity index (χ4n) is 2.65. The molecule has 110 valence electrons.